The third kappa shape index (κ3) is 2.22. The Kier molecular flexibility index (Phi) is 2.99. The molecular formula is C11H15NOS. The summed E-state index contributed by atoms with van der Waals surface area (Å²) in [7, 11) is 0. The fourth-order valence-electron chi connectivity index (χ4n) is 1.72. The first-order chi connectivity index (χ1) is 6.75. The van der Waals surface area contributed by atoms with Crippen LogP contribution >= 0.6 is 0 Å². The maximum absolute atomic E-state index is 11.6. The van der Waals surface area contributed by atoms with Crippen LogP contribution in [0.3, 0.4) is 0 Å². The number of nitrogens with one attached hydrogen (secondary N) is 1. The van der Waals surface area contributed by atoms with E-state index in [1.165, 1.54) is 11.1 Å². The standard InChI is InChI=1S/C11H15NOS/c1-9-3-4-11-10(7-9)8-14(13)6-2-5-12-11/h3-4,7,12H,2,5-6,8H2,1H3. The summed E-state index contributed by atoms with van der Waals surface area (Å²) >= 11 is -0.678. The van der Waals surface area contributed by atoms with E-state index in [1.807, 2.05) is 0 Å². The minimum absolute atomic E-state index is 0.678. The van der Waals surface area contributed by atoms with E-state index in [-0.39, 0.29) is 0 Å². The van der Waals surface area contributed by atoms with E-state index in [0.717, 1.165) is 24.4 Å². The predicted molar refractivity (Wildman–Crippen MR) is 61.0 cm³/mol. The SMILES string of the molecule is Cc1ccc2c(c1)C[S+]([O-])CCCN2. The first-order valence-electron chi connectivity index (χ1n) is 4.94. The molecule has 76 valence electrons. The highest BCUT2D eigenvalue weighted by Crippen LogP contribution is 2.22. The average Bonchev–Trinajstić information content (AvgIpc) is 2.12. The zero-order valence-electron chi connectivity index (χ0n) is 8.38. The Balaban J connectivity index is 2.30. The molecule has 1 aromatic rings. The summed E-state index contributed by atoms with van der Waals surface area (Å²) in [6.45, 7) is 3.00. The molecule has 1 aliphatic heterocycles. The van der Waals surface area contributed by atoms with E-state index in [4.69, 9.17) is 0 Å². The van der Waals surface area contributed by atoms with Crippen molar-refractivity contribution in [2.45, 2.75) is 19.1 Å². The lowest BCUT2D eigenvalue weighted by molar-refractivity contribution is 0.591. The van der Waals surface area contributed by atoms with Crippen LogP contribution in [0, 0.1) is 6.92 Å². The number of fused-ring (bicyclic) bond motifs is 1. The van der Waals surface area contributed by atoms with Crippen LogP contribution in [0.1, 0.15) is 17.5 Å². The van der Waals surface area contributed by atoms with Crippen LogP contribution in [0.25, 0.3) is 0 Å². The van der Waals surface area contributed by atoms with Crippen molar-refractivity contribution in [2.75, 3.05) is 17.6 Å². The van der Waals surface area contributed by atoms with Crippen LogP contribution in [0.4, 0.5) is 5.69 Å². The van der Waals surface area contributed by atoms with Crippen LogP contribution in [0.15, 0.2) is 18.2 Å². The van der Waals surface area contributed by atoms with Crippen LogP contribution in [-0.4, -0.2) is 16.9 Å². The Morgan fingerprint density at radius 2 is 2.29 bits per heavy atom. The molecule has 0 radical (unpaired) electrons. The summed E-state index contributed by atoms with van der Waals surface area (Å²) in [5, 5.41) is 3.38. The Morgan fingerprint density at radius 1 is 1.43 bits per heavy atom. The van der Waals surface area contributed by atoms with Crippen LogP contribution < -0.4 is 5.32 Å². The van der Waals surface area contributed by atoms with Gasteiger partial charge in [-0.15, -0.1) is 0 Å². The second kappa shape index (κ2) is 4.24. The summed E-state index contributed by atoms with van der Waals surface area (Å²) in [6, 6.07) is 6.31. The molecule has 1 unspecified atom stereocenters. The molecule has 0 amide bonds. The molecule has 0 spiro atoms. The Morgan fingerprint density at radius 3 is 3.14 bits per heavy atom. The summed E-state index contributed by atoms with van der Waals surface area (Å²) in [5.41, 5.74) is 3.59. The number of benzene rings is 1. The number of hydrogen-bond acceptors (Lipinski definition) is 2. The van der Waals surface area contributed by atoms with Crippen molar-refractivity contribution >= 4 is 16.9 Å². The third-order valence-electron chi connectivity index (χ3n) is 2.44. The van der Waals surface area contributed by atoms with E-state index in [1.54, 1.807) is 0 Å². The van der Waals surface area contributed by atoms with Gasteiger partial charge in [0, 0.05) is 24.2 Å². The van der Waals surface area contributed by atoms with Gasteiger partial charge in [-0.25, -0.2) is 0 Å². The molecular weight excluding hydrogens is 194 g/mol. The fourth-order valence-corrected chi connectivity index (χ4v) is 2.91. The predicted octanol–water partition coefficient (Wildman–Crippen LogP) is 2.06. The first kappa shape index (κ1) is 9.87. The van der Waals surface area contributed by atoms with Crippen LogP contribution in [0.2, 0.25) is 0 Å². The van der Waals surface area contributed by atoms with Gasteiger partial charge in [0.25, 0.3) is 0 Å². The van der Waals surface area contributed by atoms with Gasteiger partial charge in [0.1, 0.15) is 11.5 Å². The van der Waals surface area contributed by atoms with E-state index >= 15 is 0 Å². The molecule has 0 aliphatic carbocycles. The highest BCUT2D eigenvalue weighted by molar-refractivity contribution is 7.90. The summed E-state index contributed by atoms with van der Waals surface area (Å²) in [4.78, 5) is 0. The second-order valence-corrected chi connectivity index (χ2v) is 5.31. The van der Waals surface area contributed by atoms with Crippen molar-refractivity contribution in [3.05, 3.63) is 29.3 Å². The van der Waals surface area contributed by atoms with Gasteiger partial charge < -0.3 is 9.87 Å². The molecule has 1 aromatic carbocycles. The molecule has 1 N–H and O–H groups in total. The maximum Gasteiger partial charge on any atom is 0.132 e. The largest absolute Gasteiger partial charge is 0.616 e. The van der Waals surface area contributed by atoms with Crippen molar-refractivity contribution in [3.63, 3.8) is 0 Å². The zero-order valence-corrected chi connectivity index (χ0v) is 9.19. The van der Waals surface area contributed by atoms with Gasteiger partial charge in [-0.1, -0.05) is 11.6 Å². The summed E-state index contributed by atoms with van der Waals surface area (Å²) in [6.07, 6.45) is 1.000. The van der Waals surface area contributed by atoms with Crippen molar-refractivity contribution in [2.24, 2.45) is 0 Å². The quantitative estimate of drug-likeness (QED) is 0.664. The number of anilines is 1. The minimum Gasteiger partial charge on any atom is -0.616 e. The minimum atomic E-state index is -0.678. The third-order valence-corrected chi connectivity index (χ3v) is 3.82. The molecule has 2 rings (SSSR count). The van der Waals surface area contributed by atoms with Gasteiger partial charge in [0.05, 0.1) is 0 Å². The Labute approximate surface area is 87.9 Å². The lowest BCUT2D eigenvalue weighted by Gasteiger charge is -2.19. The molecule has 1 heterocycles. The zero-order chi connectivity index (χ0) is 9.97. The molecule has 0 aromatic heterocycles. The van der Waals surface area contributed by atoms with Gasteiger partial charge in [0.2, 0.25) is 0 Å². The fraction of sp³-hybridized carbons (Fsp3) is 0.455. The molecule has 0 fully saturated rings. The van der Waals surface area contributed by atoms with E-state index in [0.29, 0.717) is 5.75 Å². The highest BCUT2D eigenvalue weighted by Gasteiger charge is 2.14. The second-order valence-electron chi connectivity index (χ2n) is 3.73. The van der Waals surface area contributed by atoms with E-state index < -0.39 is 11.2 Å². The summed E-state index contributed by atoms with van der Waals surface area (Å²) < 4.78 is 11.6. The monoisotopic (exact) mass is 209 g/mol. The van der Waals surface area contributed by atoms with Crippen molar-refractivity contribution in [1.29, 1.82) is 0 Å². The molecule has 0 saturated carbocycles. The Hall–Kier alpha value is -0.670. The van der Waals surface area contributed by atoms with Gasteiger partial charge in [0.15, 0.2) is 0 Å². The molecule has 2 nitrogen and oxygen atoms in total. The van der Waals surface area contributed by atoms with E-state index in [9.17, 15) is 4.55 Å². The average molecular weight is 209 g/mol. The van der Waals surface area contributed by atoms with Gasteiger partial charge in [-0.3, -0.25) is 0 Å². The molecule has 14 heavy (non-hydrogen) atoms. The highest BCUT2D eigenvalue weighted by atomic mass is 32.2. The topological polar surface area (TPSA) is 35.1 Å². The maximum atomic E-state index is 11.6. The van der Waals surface area contributed by atoms with Crippen molar-refractivity contribution < 1.29 is 4.55 Å². The van der Waals surface area contributed by atoms with Gasteiger partial charge in [-0.05, 0) is 30.2 Å². The smallest absolute Gasteiger partial charge is 0.132 e. The van der Waals surface area contributed by atoms with Crippen LogP contribution in [0.5, 0.6) is 0 Å². The lowest BCUT2D eigenvalue weighted by Crippen LogP contribution is -2.18. The molecule has 0 bridgehead atoms. The lowest BCUT2D eigenvalue weighted by atomic mass is 10.1. The number of aryl methyl sites for hydroxylation is 1. The molecule has 1 atom stereocenters. The van der Waals surface area contributed by atoms with Crippen LogP contribution in [-0.2, 0) is 16.9 Å². The normalized spacial score (nSPS) is 21.7. The van der Waals surface area contributed by atoms with Crippen molar-refractivity contribution in [1.82, 2.24) is 0 Å². The summed E-state index contributed by atoms with van der Waals surface area (Å²) in [5.74, 6) is 1.52. The molecule has 3 heteroatoms. The first-order valence-corrected chi connectivity index (χ1v) is 6.43. The van der Waals surface area contributed by atoms with Gasteiger partial charge in [-0.2, -0.15) is 0 Å². The number of hydrogen-bond donors (Lipinski definition) is 1. The van der Waals surface area contributed by atoms with Crippen molar-refractivity contribution in [3.8, 4) is 0 Å². The molecule has 1 aliphatic rings. The van der Waals surface area contributed by atoms with E-state index in [2.05, 4.69) is 30.4 Å². The molecule has 0 saturated heterocycles. The Bertz CT molecular complexity index is 327. The number of rotatable bonds is 0. The van der Waals surface area contributed by atoms with Gasteiger partial charge >= 0.3 is 0 Å².